The summed E-state index contributed by atoms with van der Waals surface area (Å²) in [5.41, 5.74) is 5.46. The van der Waals surface area contributed by atoms with E-state index >= 15 is 0 Å². The third-order valence-corrected chi connectivity index (χ3v) is 6.85. The number of rotatable bonds is 5. The van der Waals surface area contributed by atoms with Gasteiger partial charge in [0.05, 0.1) is 5.69 Å². The Labute approximate surface area is 192 Å². The number of hydrogen-bond acceptors (Lipinski definition) is 7. The molecule has 1 aliphatic rings. The molecule has 1 aromatic carbocycles. The van der Waals surface area contributed by atoms with Crippen LogP contribution >= 0.6 is 11.3 Å². The highest BCUT2D eigenvalue weighted by Crippen LogP contribution is 2.26. The van der Waals surface area contributed by atoms with Crippen LogP contribution in [0.1, 0.15) is 17.0 Å². The Balaban J connectivity index is 1.26. The lowest BCUT2D eigenvalue weighted by Gasteiger charge is -2.36. The maximum absolute atomic E-state index is 4.92. The predicted molar refractivity (Wildman–Crippen MR) is 130 cm³/mol. The smallest absolute Gasteiger partial charge is 0.163 e. The largest absolute Gasteiger partial charge is 0.354 e. The fourth-order valence-electron chi connectivity index (χ4n) is 3.99. The lowest BCUT2D eigenvalue weighted by molar-refractivity contribution is 0.247. The molecule has 32 heavy (non-hydrogen) atoms. The van der Waals surface area contributed by atoms with Crippen molar-refractivity contribution < 1.29 is 0 Å². The fraction of sp³-hybridized carbons (Fsp3) is 0.280. The van der Waals surface area contributed by atoms with Gasteiger partial charge in [0, 0.05) is 72.9 Å². The maximum Gasteiger partial charge on any atom is 0.163 e. The van der Waals surface area contributed by atoms with E-state index in [9.17, 15) is 0 Å². The molecule has 162 valence electrons. The molecule has 0 radical (unpaired) electrons. The molecule has 0 atom stereocenters. The maximum atomic E-state index is 4.92. The van der Waals surface area contributed by atoms with Gasteiger partial charge in [0.25, 0.3) is 0 Å². The predicted octanol–water partition coefficient (Wildman–Crippen LogP) is 4.60. The van der Waals surface area contributed by atoms with Gasteiger partial charge in [-0.2, -0.15) is 0 Å². The van der Waals surface area contributed by atoms with Crippen LogP contribution < -0.4 is 4.90 Å². The average molecular weight is 443 g/mol. The van der Waals surface area contributed by atoms with Crippen molar-refractivity contribution in [3.05, 3.63) is 77.2 Å². The first kappa shape index (κ1) is 20.7. The van der Waals surface area contributed by atoms with E-state index in [1.54, 1.807) is 17.5 Å². The van der Waals surface area contributed by atoms with Crippen molar-refractivity contribution in [2.24, 2.45) is 0 Å². The molecule has 3 aromatic heterocycles. The van der Waals surface area contributed by atoms with Crippen LogP contribution in [-0.4, -0.2) is 51.0 Å². The summed E-state index contributed by atoms with van der Waals surface area (Å²) in [6.45, 7) is 8.93. The highest BCUT2D eigenvalue weighted by molar-refractivity contribution is 7.13. The zero-order chi connectivity index (χ0) is 21.9. The van der Waals surface area contributed by atoms with Crippen LogP contribution in [0.25, 0.3) is 22.0 Å². The number of aryl methyl sites for hydroxylation is 1. The molecular formula is C25H26N6S. The number of aromatic nitrogens is 4. The fourth-order valence-corrected chi connectivity index (χ4v) is 4.80. The van der Waals surface area contributed by atoms with Gasteiger partial charge in [-0.15, -0.1) is 11.3 Å². The molecule has 1 saturated heterocycles. The highest BCUT2D eigenvalue weighted by atomic mass is 32.1. The molecule has 0 spiro atoms. The van der Waals surface area contributed by atoms with Crippen molar-refractivity contribution in [1.82, 2.24) is 24.8 Å². The first-order valence-electron chi connectivity index (χ1n) is 10.9. The molecule has 5 rings (SSSR count). The van der Waals surface area contributed by atoms with Crippen LogP contribution in [0.2, 0.25) is 0 Å². The summed E-state index contributed by atoms with van der Waals surface area (Å²) in [5, 5.41) is 3.28. The van der Waals surface area contributed by atoms with Gasteiger partial charge in [-0.1, -0.05) is 30.3 Å². The first-order valence-corrected chi connectivity index (χ1v) is 11.8. The van der Waals surface area contributed by atoms with E-state index in [1.165, 1.54) is 5.56 Å². The second-order valence-electron chi connectivity index (χ2n) is 8.10. The minimum absolute atomic E-state index is 0.745. The lowest BCUT2D eigenvalue weighted by atomic mass is 10.2. The van der Waals surface area contributed by atoms with E-state index in [0.29, 0.717) is 0 Å². The number of benzene rings is 1. The molecule has 7 heteroatoms. The van der Waals surface area contributed by atoms with Gasteiger partial charge >= 0.3 is 0 Å². The van der Waals surface area contributed by atoms with Crippen molar-refractivity contribution in [2.45, 2.75) is 20.4 Å². The highest BCUT2D eigenvalue weighted by Gasteiger charge is 2.22. The number of piperazine rings is 1. The minimum atomic E-state index is 0.745. The Hall–Kier alpha value is -3.16. The quantitative estimate of drug-likeness (QED) is 0.450. The van der Waals surface area contributed by atoms with Crippen molar-refractivity contribution in [1.29, 1.82) is 0 Å². The normalized spacial score (nSPS) is 14.6. The summed E-state index contributed by atoms with van der Waals surface area (Å²) in [6.07, 6.45) is 3.60. The third-order valence-electron chi connectivity index (χ3n) is 5.91. The number of hydrogen-bond donors (Lipinski definition) is 0. The van der Waals surface area contributed by atoms with Gasteiger partial charge in [-0.3, -0.25) is 9.88 Å². The topological polar surface area (TPSA) is 58.0 Å². The molecular weight excluding hydrogens is 416 g/mol. The van der Waals surface area contributed by atoms with Crippen molar-refractivity contribution in [3.63, 3.8) is 0 Å². The van der Waals surface area contributed by atoms with E-state index in [4.69, 9.17) is 15.0 Å². The number of anilines is 1. The van der Waals surface area contributed by atoms with E-state index in [-0.39, 0.29) is 0 Å². The van der Waals surface area contributed by atoms with E-state index < -0.39 is 0 Å². The Morgan fingerprint density at radius 1 is 0.875 bits per heavy atom. The van der Waals surface area contributed by atoms with E-state index in [2.05, 4.69) is 58.3 Å². The summed E-state index contributed by atoms with van der Waals surface area (Å²) < 4.78 is 0. The molecule has 0 unspecified atom stereocenters. The van der Waals surface area contributed by atoms with Gasteiger partial charge < -0.3 is 4.90 Å². The van der Waals surface area contributed by atoms with Crippen molar-refractivity contribution >= 4 is 17.2 Å². The molecule has 6 nitrogen and oxygen atoms in total. The Morgan fingerprint density at radius 2 is 1.66 bits per heavy atom. The standard InChI is InChI=1S/C25H26N6S/c1-18-19(2)27-23(21-9-6-10-26-15-21)29-24(18)31-13-11-30(12-14-31)16-22-17-32-25(28-22)20-7-4-3-5-8-20/h3-10,15,17H,11-14,16H2,1-2H3. The second kappa shape index (κ2) is 9.14. The van der Waals surface area contributed by atoms with Gasteiger partial charge in [0.15, 0.2) is 5.82 Å². The molecule has 0 aliphatic carbocycles. The summed E-state index contributed by atoms with van der Waals surface area (Å²) in [5.74, 6) is 1.78. The number of nitrogens with zero attached hydrogens (tertiary/aromatic N) is 6. The zero-order valence-corrected chi connectivity index (χ0v) is 19.2. The van der Waals surface area contributed by atoms with Gasteiger partial charge in [0.1, 0.15) is 10.8 Å². The second-order valence-corrected chi connectivity index (χ2v) is 8.95. The van der Waals surface area contributed by atoms with Crippen molar-refractivity contribution in [2.75, 3.05) is 31.1 Å². The third kappa shape index (κ3) is 4.40. The van der Waals surface area contributed by atoms with Gasteiger partial charge in [-0.05, 0) is 26.0 Å². The molecule has 1 fully saturated rings. The molecule has 1 aliphatic heterocycles. The van der Waals surface area contributed by atoms with Crippen LogP contribution in [0.3, 0.4) is 0 Å². The van der Waals surface area contributed by atoms with Crippen LogP contribution in [0.5, 0.6) is 0 Å². The zero-order valence-electron chi connectivity index (χ0n) is 18.4. The number of pyridine rings is 1. The Bertz CT molecular complexity index is 1180. The van der Waals surface area contributed by atoms with Crippen LogP contribution in [0, 0.1) is 13.8 Å². The van der Waals surface area contributed by atoms with Crippen LogP contribution in [0.4, 0.5) is 5.82 Å². The lowest BCUT2D eigenvalue weighted by Crippen LogP contribution is -2.46. The van der Waals surface area contributed by atoms with Crippen molar-refractivity contribution in [3.8, 4) is 22.0 Å². The SMILES string of the molecule is Cc1nc(-c2cccnc2)nc(N2CCN(Cc3csc(-c4ccccc4)n3)CC2)c1C. The Kier molecular flexibility index (Phi) is 5.92. The molecule has 0 saturated carbocycles. The van der Waals surface area contributed by atoms with Gasteiger partial charge in [0.2, 0.25) is 0 Å². The molecule has 0 N–H and O–H groups in total. The number of thiazole rings is 1. The minimum Gasteiger partial charge on any atom is -0.354 e. The molecule has 0 amide bonds. The van der Waals surface area contributed by atoms with E-state index in [0.717, 1.165) is 71.9 Å². The summed E-state index contributed by atoms with van der Waals surface area (Å²) in [6, 6.07) is 14.3. The summed E-state index contributed by atoms with van der Waals surface area (Å²) in [7, 11) is 0. The monoisotopic (exact) mass is 442 g/mol. The van der Waals surface area contributed by atoms with Crippen LogP contribution in [0.15, 0.2) is 60.2 Å². The van der Waals surface area contributed by atoms with Crippen LogP contribution in [-0.2, 0) is 6.54 Å². The average Bonchev–Trinajstić information content (AvgIpc) is 3.31. The first-order chi connectivity index (χ1) is 15.7. The molecule has 4 aromatic rings. The summed E-state index contributed by atoms with van der Waals surface area (Å²) >= 11 is 1.72. The van der Waals surface area contributed by atoms with Gasteiger partial charge in [-0.25, -0.2) is 15.0 Å². The molecule has 0 bridgehead atoms. The molecule has 4 heterocycles. The van der Waals surface area contributed by atoms with E-state index in [1.807, 2.05) is 24.4 Å². The summed E-state index contributed by atoms with van der Waals surface area (Å²) in [4.78, 5) is 23.6. The Morgan fingerprint density at radius 3 is 2.41 bits per heavy atom.